The Morgan fingerprint density at radius 2 is 1.89 bits per heavy atom. The second-order valence-corrected chi connectivity index (χ2v) is 6.32. The zero-order valence-electron chi connectivity index (χ0n) is 11.9. The number of rotatable bonds is 3. The second-order valence-electron chi connectivity index (χ2n) is 6.32. The van der Waals surface area contributed by atoms with Crippen molar-refractivity contribution in [2.75, 3.05) is 13.1 Å². The standard InChI is InChI=1S/C14H25NO3/c1-5-10-9-15(13(18)14(2,3)4)7-6-11(10)8-12(16)17/h10-11H,5-9H2,1-4H3,(H,16,17)/t10-,11-/m0/s1. The van der Waals surface area contributed by atoms with E-state index in [1.54, 1.807) is 0 Å². The Labute approximate surface area is 109 Å². The van der Waals surface area contributed by atoms with E-state index < -0.39 is 5.97 Å². The number of carbonyl (C=O) groups excluding carboxylic acids is 1. The Kier molecular flexibility index (Phi) is 4.77. The van der Waals surface area contributed by atoms with E-state index in [1.165, 1.54) is 0 Å². The SMILES string of the molecule is CC[C@H]1CN(C(=O)C(C)(C)C)CC[C@H]1CC(=O)O. The summed E-state index contributed by atoms with van der Waals surface area (Å²) in [5.41, 5.74) is -0.349. The van der Waals surface area contributed by atoms with Crippen molar-refractivity contribution in [3.05, 3.63) is 0 Å². The summed E-state index contributed by atoms with van der Waals surface area (Å²) < 4.78 is 0. The second kappa shape index (κ2) is 5.72. The van der Waals surface area contributed by atoms with Gasteiger partial charge in [0.05, 0.1) is 0 Å². The number of piperidine rings is 1. The normalized spacial score (nSPS) is 25.0. The first-order valence-electron chi connectivity index (χ1n) is 6.76. The first kappa shape index (κ1) is 15.0. The van der Waals surface area contributed by atoms with Gasteiger partial charge in [0, 0.05) is 24.9 Å². The molecule has 1 rings (SSSR count). The fraction of sp³-hybridized carbons (Fsp3) is 0.857. The summed E-state index contributed by atoms with van der Waals surface area (Å²) in [5.74, 6) is -0.0126. The van der Waals surface area contributed by atoms with Crippen LogP contribution in [0.2, 0.25) is 0 Å². The van der Waals surface area contributed by atoms with Gasteiger partial charge in [-0.05, 0) is 18.3 Å². The lowest BCUT2D eigenvalue weighted by molar-refractivity contribution is -0.143. The van der Waals surface area contributed by atoms with E-state index in [0.717, 1.165) is 12.8 Å². The molecule has 4 nitrogen and oxygen atoms in total. The van der Waals surface area contributed by atoms with Crippen molar-refractivity contribution in [2.45, 2.75) is 47.0 Å². The molecule has 18 heavy (non-hydrogen) atoms. The fourth-order valence-corrected chi connectivity index (χ4v) is 2.70. The molecule has 1 heterocycles. The van der Waals surface area contributed by atoms with Gasteiger partial charge in [-0.25, -0.2) is 0 Å². The van der Waals surface area contributed by atoms with Gasteiger partial charge in [-0.1, -0.05) is 34.1 Å². The summed E-state index contributed by atoms with van der Waals surface area (Å²) in [4.78, 5) is 25.0. The zero-order chi connectivity index (χ0) is 13.9. The summed E-state index contributed by atoms with van der Waals surface area (Å²) in [7, 11) is 0. The summed E-state index contributed by atoms with van der Waals surface area (Å²) >= 11 is 0. The molecule has 1 aliphatic rings. The van der Waals surface area contributed by atoms with Gasteiger partial charge >= 0.3 is 5.97 Å². The van der Waals surface area contributed by atoms with Crippen LogP contribution in [0.1, 0.15) is 47.0 Å². The average Bonchev–Trinajstić information content (AvgIpc) is 2.26. The van der Waals surface area contributed by atoms with E-state index in [-0.39, 0.29) is 23.7 Å². The highest BCUT2D eigenvalue weighted by Crippen LogP contribution is 2.31. The quantitative estimate of drug-likeness (QED) is 0.842. The van der Waals surface area contributed by atoms with Crippen molar-refractivity contribution in [1.82, 2.24) is 4.90 Å². The molecule has 0 radical (unpaired) electrons. The molecular formula is C14H25NO3. The maximum Gasteiger partial charge on any atom is 0.303 e. The molecule has 0 bridgehead atoms. The van der Waals surface area contributed by atoms with Gasteiger partial charge in [0.2, 0.25) is 5.91 Å². The molecule has 1 fully saturated rings. The molecule has 1 N–H and O–H groups in total. The van der Waals surface area contributed by atoms with Crippen LogP contribution in [0.25, 0.3) is 0 Å². The molecule has 2 atom stereocenters. The Morgan fingerprint density at radius 1 is 1.28 bits per heavy atom. The summed E-state index contributed by atoms with van der Waals surface area (Å²) in [6.07, 6.45) is 1.98. The van der Waals surface area contributed by atoms with Crippen LogP contribution in [0.5, 0.6) is 0 Å². The van der Waals surface area contributed by atoms with Crippen LogP contribution < -0.4 is 0 Å². The minimum atomic E-state index is -0.728. The van der Waals surface area contributed by atoms with Gasteiger partial charge in [0.15, 0.2) is 0 Å². The summed E-state index contributed by atoms with van der Waals surface area (Å²) in [6.45, 7) is 9.28. The van der Waals surface area contributed by atoms with Gasteiger partial charge in [-0.2, -0.15) is 0 Å². The van der Waals surface area contributed by atoms with Crippen molar-refractivity contribution in [2.24, 2.45) is 17.3 Å². The molecule has 1 saturated heterocycles. The first-order chi connectivity index (χ1) is 8.25. The number of carboxylic acid groups (broad SMARTS) is 1. The van der Waals surface area contributed by atoms with Gasteiger partial charge in [-0.15, -0.1) is 0 Å². The minimum Gasteiger partial charge on any atom is -0.481 e. The minimum absolute atomic E-state index is 0.176. The molecule has 4 heteroatoms. The van der Waals surface area contributed by atoms with E-state index in [2.05, 4.69) is 6.92 Å². The third kappa shape index (κ3) is 3.72. The smallest absolute Gasteiger partial charge is 0.303 e. The van der Waals surface area contributed by atoms with Crippen LogP contribution in [-0.4, -0.2) is 35.0 Å². The molecule has 0 unspecified atom stereocenters. The Balaban J connectivity index is 2.66. The Bertz CT molecular complexity index is 319. The average molecular weight is 255 g/mol. The number of aliphatic carboxylic acids is 1. The van der Waals surface area contributed by atoms with Gasteiger partial charge in [-0.3, -0.25) is 9.59 Å². The predicted octanol–water partition coefficient (Wildman–Crippen LogP) is 2.38. The largest absolute Gasteiger partial charge is 0.481 e. The molecule has 0 aromatic rings. The molecule has 0 aromatic heterocycles. The lowest BCUT2D eigenvalue weighted by atomic mass is 9.80. The number of hydrogen-bond acceptors (Lipinski definition) is 2. The van der Waals surface area contributed by atoms with Crippen LogP contribution in [-0.2, 0) is 9.59 Å². The highest BCUT2D eigenvalue weighted by Gasteiger charge is 2.35. The molecule has 0 spiro atoms. The van der Waals surface area contributed by atoms with Crippen LogP contribution in [0.4, 0.5) is 0 Å². The Hall–Kier alpha value is -1.06. The van der Waals surface area contributed by atoms with Crippen LogP contribution in [0.15, 0.2) is 0 Å². The summed E-state index contributed by atoms with van der Waals surface area (Å²) in [5, 5.41) is 8.90. The van der Waals surface area contributed by atoms with Crippen LogP contribution in [0, 0.1) is 17.3 Å². The summed E-state index contributed by atoms with van der Waals surface area (Å²) in [6, 6.07) is 0. The van der Waals surface area contributed by atoms with Gasteiger partial charge in [0.1, 0.15) is 0 Å². The molecule has 0 saturated carbocycles. The highest BCUT2D eigenvalue weighted by molar-refractivity contribution is 5.81. The van der Waals surface area contributed by atoms with Gasteiger partial charge in [0.25, 0.3) is 0 Å². The molecule has 1 aliphatic heterocycles. The zero-order valence-corrected chi connectivity index (χ0v) is 11.9. The number of carboxylic acids is 1. The number of nitrogens with zero attached hydrogens (tertiary/aromatic N) is 1. The number of hydrogen-bond donors (Lipinski definition) is 1. The van der Waals surface area contributed by atoms with Crippen LogP contribution >= 0.6 is 0 Å². The third-order valence-electron chi connectivity index (χ3n) is 3.78. The number of likely N-dealkylation sites (tertiary alicyclic amines) is 1. The maximum atomic E-state index is 12.2. The number of carbonyl (C=O) groups is 2. The third-order valence-corrected chi connectivity index (χ3v) is 3.78. The van der Waals surface area contributed by atoms with E-state index in [1.807, 2.05) is 25.7 Å². The molecular weight excluding hydrogens is 230 g/mol. The van der Waals surface area contributed by atoms with Crippen molar-refractivity contribution < 1.29 is 14.7 Å². The van der Waals surface area contributed by atoms with E-state index in [0.29, 0.717) is 19.0 Å². The van der Waals surface area contributed by atoms with Crippen molar-refractivity contribution in [3.63, 3.8) is 0 Å². The lowest BCUT2D eigenvalue weighted by Crippen LogP contribution is -2.48. The van der Waals surface area contributed by atoms with Crippen molar-refractivity contribution in [3.8, 4) is 0 Å². The monoisotopic (exact) mass is 255 g/mol. The molecule has 1 amide bonds. The molecule has 104 valence electrons. The fourth-order valence-electron chi connectivity index (χ4n) is 2.70. The predicted molar refractivity (Wildman–Crippen MR) is 70.2 cm³/mol. The topological polar surface area (TPSA) is 57.6 Å². The Morgan fingerprint density at radius 3 is 2.33 bits per heavy atom. The lowest BCUT2D eigenvalue weighted by Gasteiger charge is -2.40. The number of amides is 1. The van der Waals surface area contributed by atoms with Gasteiger partial charge < -0.3 is 10.0 Å². The maximum absolute atomic E-state index is 12.2. The first-order valence-corrected chi connectivity index (χ1v) is 6.76. The highest BCUT2D eigenvalue weighted by atomic mass is 16.4. The van der Waals surface area contributed by atoms with E-state index in [4.69, 9.17) is 5.11 Å². The molecule has 0 aliphatic carbocycles. The molecule has 0 aromatic carbocycles. The van der Waals surface area contributed by atoms with E-state index >= 15 is 0 Å². The van der Waals surface area contributed by atoms with Crippen molar-refractivity contribution >= 4 is 11.9 Å². The van der Waals surface area contributed by atoms with Crippen molar-refractivity contribution in [1.29, 1.82) is 0 Å². The van der Waals surface area contributed by atoms with Crippen LogP contribution in [0.3, 0.4) is 0 Å². The van der Waals surface area contributed by atoms with E-state index in [9.17, 15) is 9.59 Å².